The number of hydrogen-bond acceptors (Lipinski definition) is 5. The van der Waals surface area contributed by atoms with Gasteiger partial charge in [0.1, 0.15) is 5.82 Å². The Morgan fingerprint density at radius 3 is 2.97 bits per heavy atom. The van der Waals surface area contributed by atoms with Gasteiger partial charge in [0.25, 0.3) is 0 Å². The van der Waals surface area contributed by atoms with E-state index in [4.69, 9.17) is 0 Å². The molecule has 4 rings (SSSR count). The van der Waals surface area contributed by atoms with Gasteiger partial charge in [0.2, 0.25) is 0 Å². The van der Waals surface area contributed by atoms with Crippen LogP contribution >= 0.6 is 0 Å². The highest BCUT2D eigenvalue weighted by molar-refractivity contribution is 5.81. The molecule has 31 heavy (non-hydrogen) atoms. The largest absolute Gasteiger partial charge is 0.368 e. The van der Waals surface area contributed by atoms with E-state index in [9.17, 15) is 4.39 Å². The third-order valence-corrected chi connectivity index (χ3v) is 5.20. The summed E-state index contributed by atoms with van der Waals surface area (Å²) in [5.74, 6) is 1.75. The van der Waals surface area contributed by atoms with Crippen molar-refractivity contribution < 1.29 is 4.39 Å². The Labute approximate surface area is 181 Å². The van der Waals surface area contributed by atoms with Crippen LogP contribution in [0.1, 0.15) is 13.3 Å². The van der Waals surface area contributed by atoms with Crippen LogP contribution in [0, 0.1) is 5.82 Å². The molecule has 0 bridgehead atoms. The summed E-state index contributed by atoms with van der Waals surface area (Å²) in [4.78, 5) is 15.4. The first-order valence-corrected chi connectivity index (χ1v) is 10.7. The molecule has 1 saturated heterocycles. The number of hydrogen-bond donors (Lipinski definition) is 3. The lowest BCUT2D eigenvalue weighted by molar-refractivity contribution is 0.612. The van der Waals surface area contributed by atoms with E-state index in [1.165, 1.54) is 6.07 Å². The second-order valence-corrected chi connectivity index (χ2v) is 7.46. The molecule has 1 fully saturated rings. The number of pyridine rings is 2. The molecule has 1 aromatic carbocycles. The molecule has 162 valence electrons. The Hall–Kier alpha value is -3.42. The summed E-state index contributed by atoms with van der Waals surface area (Å²) < 4.78 is 14.0. The van der Waals surface area contributed by atoms with Crippen molar-refractivity contribution in [2.45, 2.75) is 19.4 Å². The van der Waals surface area contributed by atoms with Gasteiger partial charge >= 0.3 is 0 Å². The number of halogens is 1. The van der Waals surface area contributed by atoms with Gasteiger partial charge in [0, 0.05) is 43.8 Å². The van der Waals surface area contributed by atoms with Gasteiger partial charge in [-0.25, -0.2) is 14.4 Å². The molecule has 1 aliphatic rings. The van der Waals surface area contributed by atoms with Crippen LogP contribution in [-0.4, -0.2) is 54.7 Å². The fourth-order valence-corrected chi connectivity index (χ4v) is 3.71. The number of benzene rings is 1. The Bertz CT molecular complexity index is 1040. The van der Waals surface area contributed by atoms with Crippen molar-refractivity contribution >= 4 is 28.5 Å². The third-order valence-electron chi connectivity index (χ3n) is 5.20. The monoisotopic (exact) mass is 421 g/mol. The average molecular weight is 422 g/mol. The van der Waals surface area contributed by atoms with Gasteiger partial charge in [-0.2, -0.15) is 0 Å². The fourth-order valence-electron chi connectivity index (χ4n) is 3.71. The third kappa shape index (κ3) is 5.39. The number of guanidine groups is 1. The molecule has 8 heteroatoms. The van der Waals surface area contributed by atoms with Crippen LogP contribution in [0.5, 0.6) is 0 Å². The lowest BCUT2D eigenvalue weighted by atomic mass is 10.2. The van der Waals surface area contributed by atoms with E-state index in [0.29, 0.717) is 25.5 Å². The molecule has 0 aliphatic carbocycles. The zero-order valence-electron chi connectivity index (χ0n) is 17.7. The second kappa shape index (κ2) is 10.1. The number of aromatic nitrogens is 2. The quantitative estimate of drug-likeness (QED) is 0.309. The second-order valence-electron chi connectivity index (χ2n) is 7.46. The number of anilines is 2. The van der Waals surface area contributed by atoms with E-state index in [1.54, 1.807) is 12.3 Å². The van der Waals surface area contributed by atoms with Crippen LogP contribution < -0.4 is 20.9 Å². The van der Waals surface area contributed by atoms with E-state index < -0.39 is 0 Å². The van der Waals surface area contributed by atoms with Gasteiger partial charge in [-0.1, -0.05) is 18.2 Å². The predicted octanol–water partition coefficient (Wildman–Crippen LogP) is 3.01. The average Bonchev–Trinajstić information content (AvgIpc) is 3.25. The number of aliphatic imine (C=N–C) groups is 1. The molecule has 7 nitrogen and oxygen atoms in total. The molecule has 3 heterocycles. The maximum absolute atomic E-state index is 14.0. The zero-order valence-corrected chi connectivity index (χ0v) is 17.7. The van der Waals surface area contributed by atoms with Crippen molar-refractivity contribution in [3.8, 4) is 0 Å². The number of rotatable bonds is 7. The molecule has 3 N–H and O–H groups in total. The van der Waals surface area contributed by atoms with Crippen molar-refractivity contribution in [3.05, 3.63) is 60.5 Å². The molecule has 0 radical (unpaired) electrons. The fraction of sp³-hybridized carbons (Fsp3) is 0.348. The van der Waals surface area contributed by atoms with Gasteiger partial charge in [0.15, 0.2) is 17.6 Å². The van der Waals surface area contributed by atoms with Crippen LogP contribution in [-0.2, 0) is 0 Å². The van der Waals surface area contributed by atoms with E-state index in [-0.39, 0.29) is 11.9 Å². The maximum Gasteiger partial charge on any atom is 0.191 e. The van der Waals surface area contributed by atoms with Gasteiger partial charge in [-0.3, -0.25) is 4.99 Å². The lowest BCUT2D eigenvalue weighted by Gasteiger charge is -2.20. The number of fused-ring (bicyclic) bond motifs is 1. The minimum absolute atomic E-state index is 0.189. The smallest absolute Gasteiger partial charge is 0.191 e. The van der Waals surface area contributed by atoms with Crippen LogP contribution in [0.15, 0.2) is 59.7 Å². The predicted molar refractivity (Wildman–Crippen MR) is 124 cm³/mol. The molecule has 2 aromatic heterocycles. The Kier molecular flexibility index (Phi) is 6.76. The number of nitrogens with one attached hydrogen (secondary N) is 3. The Balaban J connectivity index is 1.29. The van der Waals surface area contributed by atoms with Gasteiger partial charge < -0.3 is 20.9 Å². The summed E-state index contributed by atoms with van der Waals surface area (Å²) in [5.41, 5.74) is 0.973. The van der Waals surface area contributed by atoms with Crippen LogP contribution in [0.25, 0.3) is 10.9 Å². The van der Waals surface area contributed by atoms with Crippen LogP contribution in [0.3, 0.4) is 0 Å². The first-order chi connectivity index (χ1) is 15.2. The molecule has 0 spiro atoms. The van der Waals surface area contributed by atoms with E-state index in [0.717, 1.165) is 42.2 Å². The van der Waals surface area contributed by atoms with Crippen LogP contribution in [0.2, 0.25) is 0 Å². The molecule has 0 amide bonds. The van der Waals surface area contributed by atoms with Crippen molar-refractivity contribution in [3.63, 3.8) is 0 Å². The summed E-state index contributed by atoms with van der Waals surface area (Å²) in [6, 6.07) is 15.4. The minimum Gasteiger partial charge on any atom is -0.368 e. The topological polar surface area (TPSA) is 77.5 Å². The zero-order chi connectivity index (χ0) is 21.5. The van der Waals surface area contributed by atoms with Crippen molar-refractivity contribution in [2.24, 2.45) is 4.99 Å². The minimum atomic E-state index is -0.280. The molecule has 3 aromatic rings. The highest BCUT2D eigenvalue weighted by Crippen LogP contribution is 2.20. The molecule has 1 atom stereocenters. The summed E-state index contributed by atoms with van der Waals surface area (Å²) in [7, 11) is 0. The molecule has 1 unspecified atom stereocenters. The first kappa shape index (κ1) is 20.8. The standard InChI is InChI=1S/C23H28FN7/c1-2-25-23(29-18-11-15-31(16-18)22-19(24)7-5-12-27-22)28-14-13-26-21-10-9-17-6-3-4-8-20(17)30-21/h3-10,12,18H,2,11,13-16H2,1H3,(H,26,30)(H2,25,28,29). The molecule has 0 saturated carbocycles. The molecular weight excluding hydrogens is 393 g/mol. The Morgan fingerprint density at radius 1 is 1.19 bits per heavy atom. The first-order valence-electron chi connectivity index (χ1n) is 10.7. The van der Waals surface area contributed by atoms with Crippen molar-refractivity contribution in [1.82, 2.24) is 20.6 Å². The van der Waals surface area contributed by atoms with Crippen LogP contribution in [0.4, 0.5) is 16.0 Å². The molecule has 1 aliphatic heterocycles. The number of nitrogens with zero attached hydrogens (tertiary/aromatic N) is 4. The van der Waals surface area contributed by atoms with E-state index >= 15 is 0 Å². The summed E-state index contributed by atoms with van der Waals surface area (Å²) >= 11 is 0. The summed E-state index contributed by atoms with van der Waals surface area (Å²) in [6.07, 6.45) is 2.53. The number of para-hydroxylation sites is 1. The van der Waals surface area contributed by atoms with E-state index in [1.807, 2.05) is 36.1 Å². The lowest BCUT2D eigenvalue weighted by Crippen LogP contribution is -2.45. The van der Waals surface area contributed by atoms with Gasteiger partial charge in [-0.05, 0) is 43.7 Å². The highest BCUT2D eigenvalue weighted by atomic mass is 19.1. The normalized spacial score (nSPS) is 16.5. The summed E-state index contributed by atoms with van der Waals surface area (Å²) in [5, 5.41) is 11.2. The molecular formula is C23H28FN7. The van der Waals surface area contributed by atoms with Gasteiger partial charge in [0.05, 0.1) is 12.1 Å². The maximum atomic E-state index is 14.0. The highest BCUT2D eigenvalue weighted by Gasteiger charge is 2.25. The summed E-state index contributed by atoms with van der Waals surface area (Å²) in [6.45, 7) is 5.56. The van der Waals surface area contributed by atoms with Crippen molar-refractivity contribution in [2.75, 3.05) is 42.9 Å². The van der Waals surface area contributed by atoms with E-state index in [2.05, 4.69) is 43.0 Å². The Morgan fingerprint density at radius 2 is 2.10 bits per heavy atom. The SMILES string of the molecule is CCNC(=NCCNc1ccc2ccccc2n1)NC1CCN(c2ncccc2F)C1. The van der Waals surface area contributed by atoms with Gasteiger partial charge in [-0.15, -0.1) is 0 Å². The van der Waals surface area contributed by atoms with Crippen molar-refractivity contribution in [1.29, 1.82) is 0 Å².